The van der Waals surface area contributed by atoms with E-state index in [1.54, 1.807) is 36.5 Å². The van der Waals surface area contributed by atoms with E-state index in [1.807, 2.05) is 6.07 Å². The van der Waals surface area contributed by atoms with Gasteiger partial charge >= 0.3 is 0 Å². The van der Waals surface area contributed by atoms with Crippen molar-refractivity contribution in [3.05, 3.63) is 53.7 Å². The summed E-state index contributed by atoms with van der Waals surface area (Å²) in [6, 6.07) is 10.3. The number of ether oxygens (including phenoxy) is 1. The minimum absolute atomic E-state index is 0.0245. The van der Waals surface area contributed by atoms with E-state index in [9.17, 15) is 14.4 Å². The van der Waals surface area contributed by atoms with Gasteiger partial charge in [-0.2, -0.15) is 0 Å². The van der Waals surface area contributed by atoms with Crippen LogP contribution >= 0.6 is 0 Å². The van der Waals surface area contributed by atoms with Gasteiger partial charge in [-0.05, 0) is 24.3 Å². The van der Waals surface area contributed by atoms with Gasteiger partial charge in [-0.3, -0.25) is 19.3 Å². The Morgan fingerprint density at radius 2 is 1.71 bits per heavy atom. The van der Waals surface area contributed by atoms with Crippen LogP contribution in [0.25, 0.3) is 0 Å². The van der Waals surface area contributed by atoms with Gasteiger partial charge in [0.15, 0.2) is 0 Å². The molecule has 1 fully saturated rings. The van der Waals surface area contributed by atoms with Crippen molar-refractivity contribution in [3.63, 3.8) is 0 Å². The van der Waals surface area contributed by atoms with Crippen molar-refractivity contribution in [2.75, 3.05) is 43.1 Å². The summed E-state index contributed by atoms with van der Waals surface area (Å²) in [5.74, 6) is -0.153. The molecule has 8 heteroatoms. The van der Waals surface area contributed by atoms with Crippen molar-refractivity contribution in [1.82, 2.24) is 9.88 Å². The molecular weight excluding hydrogens is 360 g/mol. The van der Waals surface area contributed by atoms with E-state index >= 15 is 0 Å². The van der Waals surface area contributed by atoms with E-state index in [4.69, 9.17) is 4.74 Å². The quantitative estimate of drug-likeness (QED) is 0.792. The first-order valence-electron chi connectivity index (χ1n) is 9.17. The second kappa shape index (κ2) is 7.77. The first kappa shape index (κ1) is 18.1. The number of hydrogen-bond acceptors (Lipinski definition) is 6. The van der Waals surface area contributed by atoms with E-state index in [-0.39, 0.29) is 30.7 Å². The number of carbonyl (C=O) groups excluding carboxylic acids is 3. The van der Waals surface area contributed by atoms with Crippen molar-refractivity contribution in [2.24, 2.45) is 0 Å². The topological polar surface area (TPSA) is 91.8 Å². The van der Waals surface area contributed by atoms with Crippen molar-refractivity contribution in [1.29, 1.82) is 0 Å². The second-order valence-corrected chi connectivity index (χ2v) is 6.61. The Morgan fingerprint density at radius 1 is 1.04 bits per heavy atom. The number of carbonyl (C=O) groups is 3. The average Bonchev–Trinajstić information content (AvgIpc) is 2.98. The maximum atomic E-state index is 12.3. The van der Waals surface area contributed by atoms with Gasteiger partial charge in [-0.25, -0.2) is 4.98 Å². The van der Waals surface area contributed by atoms with Crippen LogP contribution in [-0.4, -0.2) is 60.5 Å². The summed E-state index contributed by atoms with van der Waals surface area (Å²) in [6.07, 6.45) is 1.63. The lowest BCUT2D eigenvalue weighted by molar-refractivity contribution is -0.116. The Balaban J connectivity index is 1.31. The summed E-state index contributed by atoms with van der Waals surface area (Å²) < 4.78 is 5.32. The molecule has 3 heterocycles. The lowest BCUT2D eigenvalue weighted by Gasteiger charge is -2.27. The number of imide groups is 1. The highest BCUT2D eigenvalue weighted by atomic mass is 16.5. The van der Waals surface area contributed by atoms with Crippen LogP contribution in [0.15, 0.2) is 42.6 Å². The largest absolute Gasteiger partial charge is 0.378 e. The Hall–Kier alpha value is -3.26. The van der Waals surface area contributed by atoms with Crippen LogP contribution in [0, 0.1) is 0 Å². The molecule has 2 aliphatic rings. The van der Waals surface area contributed by atoms with E-state index in [2.05, 4.69) is 15.2 Å². The normalized spacial score (nSPS) is 16.3. The molecule has 1 N–H and O–H groups in total. The highest BCUT2D eigenvalue weighted by Gasteiger charge is 2.34. The van der Waals surface area contributed by atoms with Crippen LogP contribution in [0.2, 0.25) is 0 Å². The van der Waals surface area contributed by atoms with Crippen molar-refractivity contribution < 1.29 is 19.1 Å². The Bertz CT molecular complexity index is 872. The average molecular weight is 380 g/mol. The molecule has 1 aromatic carbocycles. The van der Waals surface area contributed by atoms with Gasteiger partial charge in [0.25, 0.3) is 11.8 Å². The van der Waals surface area contributed by atoms with Crippen LogP contribution in [-0.2, 0) is 9.53 Å². The number of aromatic nitrogens is 1. The third-order valence-electron chi connectivity index (χ3n) is 4.81. The van der Waals surface area contributed by atoms with Gasteiger partial charge in [-0.15, -0.1) is 0 Å². The first-order valence-corrected chi connectivity index (χ1v) is 9.17. The van der Waals surface area contributed by atoms with Crippen LogP contribution in [0.3, 0.4) is 0 Å². The minimum atomic E-state index is -0.357. The predicted octanol–water partition coefficient (Wildman–Crippen LogP) is 1.54. The molecule has 1 aromatic heterocycles. The van der Waals surface area contributed by atoms with Crippen LogP contribution in [0.1, 0.15) is 27.1 Å². The van der Waals surface area contributed by atoms with E-state index in [1.165, 1.54) is 0 Å². The number of hydrogen-bond donors (Lipinski definition) is 1. The van der Waals surface area contributed by atoms with E-state index in [0.717, 1.165) is 23.8 Å². The summed E-state index contributed by atoms with van der Waals surface area (Å²) >= 11 is 0. The molecule has 0 bridgehead atoms. The third kappa shape index (κ3) is 3.59. The van der Waals surface area contributed by atoms with Crippen molar-refractivity contribution in [3.8, 4) is 0 Å². The van der Waals surface area contributed by atoms with Crippen LogP contribution in [0.5, 0.6) is 0 Å². The Kier molecular flexibility index (Phi) is 5.03. The number of anilines is 2. The first-order chi connectivity index (χ1) is 13.6. The Labute approximate surface area is 162 Å². The molecule has 0 aliphatic carbocycles. The number of nitrogens with one attached hydrogen (secondary N) is 1. The summed E-state index contributed by atoms with van der Waals surface area (Å²) in [5, 5.41) is 2.75. The van der Waals surface area contributed by atoms with Gasteiger partial charge in [0.05, 0.1) is 36.2 Å². The summed E-state index contributed by atoms with van der Waals surface area (Å²) in [5.41, 5.74) is 1.34. The highest BCUT2D eigenvalue weighted by Crippen LogP contribution is 2.22. The maximum absolute atomic E-state index is 12.3. The molecular formula is C20H20N4O4. The molecule has 0 radical (unpaired) electrons. The van der Waals surface area contributed by atoms with Crippen LogP contribution < -0.4 is 10.2 Å². The lowest BCUT2D eigenvalue weighted by atomic mass is 10.1. The minimum Gasteiger partial charge on any atom is -0.378 e. The molecule has 2 aromatic rings. The molecule has 2 aliphatic heterocycles. The zero-order valence-electron chi connectivity index (χ0n) is 15.3. The predicted molar refractivity (Wildman–Crippen MR) is 102 cm³/mol. The Morgan fingerprint density at radius 3 is 2.32 bits per heavy atom. The molecule has 8 nitrogen and oxygen atoms in total. The smallest absolute Gasteiger partial charge is 0.261 e. The molecule has 3 amide bonds. The summed E-state index contributed by atoms with van der Waals surface area (Å²) in [7, 11) is 0. The second-order valence-electron chi connectivity index (χ2n) is 6.61. The van der Waals surface area contributed by atoms with Gasteiger partial charge in [0, 0.05) is 26.1 Å². The number of benzene rings is 1. The van der Waals surface area contributed by atoms with Crippen molar-refractivity contribution in [2.45, 2.75) is 6.42 Å². The molecule has 0 atom stereocenters. The van der Waals surface area contributed by atoms with Crippen molar-refractivity contribution >= 4 is 29.2 Å². The molecule has 0 saturated carbocycles. The van der Waals surface area contributed by atoms with Gasteiger partial charge in [0.2, 0.25) is 5.91 Å². The summed E-state index contributed by atoms with van der Waals surface area (Å²) in [4.78, 5) is 44.5. The van der Waals surface area contributed by atoms with Gasteiger partial charge in [0.1, 0.15) is 5.82 Å². The number of rotatable bonds is 5. The number of nitrogens with zero attached hydrogens (tertiary/aromatic N) is 3. The molecule has 28 heavy (non-hydrogen) atoms. The van der Waals surface area contributed by atoms with E-state index < -0.39 is 0 Å². The lowest BCUT2D eigenvalue weighted by Crippen LogP contribution is -2.36. The third-order valence-corrected chi connectivity index (χ3v) is 4.81. The standard InChI is InChI=1S/C20H20N4O4/c25-18(7-8-24-19(26)15-3-1-2-4-16(15)20(24)27)22-14-5-6-17(21-13-14)23-9-11-28-12-10-23/h1-6,13H,7-12H2,(H,22,25). The fourth-order valence-electron chi connectivity index (χ4n) is 3.32. The number of fused-ring (bicyclic) bond motifs is 1. The monoisotopic (exact) mass is 380 g/mol. The van der Waals surface area contributed by atoms with Gasteiger partial charge < -0.3 is 15.0 Å². The number of amides is 3. The van der Waals surface area contributed by atoms with E-state index in [0.29, 0.717) is 30.0 Å². The number of morpholine rings is 1. The SMILES string of the molecule is O=C(CCN1C(=O)c2ccccc2C1=O)Nc1ccc(N2CCOCC2)nc1. The fraction of sp³-hybridized carbons (Fsp3) is 0.300. The van der Waals surface area contributed by atoms with Crippen LogP contribution in [0.4, 0.5) is 11.5 Å². The zero-order chi connectivity index (χ0) is 19.5. The zero-order valence-corrected chi connectivity index (χ0v) is 15.3. The fourth-order valence-corrected chi connectivity index (χ4v) is 3.32. The number of pyridine rings is 1. The summed E-state index contributed by atoms with van der Waals surface area (Å²) in [6.45, 7) is 2.98. The molecule has 1 saturated heterocycles. The van der Waals surface area contributed by atoms with Gasteiger partial charge in [-0.1, -0.05) is 12.1 Å². The molecule has 144 valence electrons. The molecule has 4 rings (SSSR count). The maximum Gasteiger partial charge on any atom is 0.261 e. The highest BCUT2D eigenvalue weighted by molar-refractivity contribution is 6.21. The molecule has 0 unspecified atom stereocenters. The molecule has 0 spiro atoms.